The maximum atomic E-state index is 13.7. The van der Waals surface area contributed by atoms with E-state index in [0.29, 0.717) is 13.0 Å². The van der Waals surface area contributed by atoms with Crippen molar-refractivity contribution >= 4 is 22.8 Å². The lowest BCUT2D eigenvalue weighted by molar-refractivity contribution is -0.153. The van der Waals surface area contributed by atoms with Crippen LogP contribution in [0.4, 0.5) is 4.39 Å². The Balaban J connectivity index is 1.63. The molecule has 1 saturated heterocycles. The molecule has 6 nitrogen and oxygen atoms in total. The molecule has 138 valence electrons. The first kappa shape index (κ1) is 17.2. The van der Waals surface area contributed by atoms with E-state index in [-0.39, 0.29) is 30.7 Å². The highest BCUT2D eigenvalue weighted by molar-refractivity contribution is 5.87. The van der Waals surface area contributed by atoms with Gasteiger partial charge in [-0.05, 0) is 35.4 Å². The lowest BCUT2D eigenvalue weighted by atomic mass is 10.1. The maximum absolute atomic E-state index is 13.7. The predicted octanol–water partition coefficient (Wildman–Crippen LogP) is 2.94. The van der Waals surface area contributed by atoms with Gasteiger partial charge in [0.25, 0.3) is 5.91 Å². The van der Waals surface area contributed by atoms with Gasteiger partial charge in [0.15, 0.2) is 6.10 Å². The van der Waals surface area contributed by atoms with Gasteiger partial charge in [-0.15, -0.1) is 0 Å². The van der Waals surface area contributed by atoms with Gasteiger partial charge in [0.1, 0.15) is 5.82 Å². The maximum Gasteiger partial charge on any atom is 0.306 e. The number of pyridine rings is 1. The minimum absolute atomic E-state index is 0.245. The van der Waals surface area contributed by atoms with Gasteiger partial charge in [-0.1, -0.05) is 6.07 Å². The van der Waals surface area contributed by atoms with Crippen molar-refractivity contribution in [3.05, 3.63) is 65.9 Å². The third kappa shape index (κ3) is 3.67. The molecule has 1 atom stereocenters. The van der Waals surface area contributed by atoms with Crippen molar-refractivity contribution in [1.29, 1.82) is 0 Å². The largest absolute Gasteiger partial charge is 0.452 e. The fourth-order valence-electron chi connectivity index (χ4n) is 3.31. The van der Waals surface area contributed by atoms with Crippen LogP contribution in [-0.4, -0.2) is 32.8 Å². The van der Waals surface area contributed by atoms with Crippen molar-refractivity contribution in [2.45, 2.75) is 32.0 Å². The molecule has 0 unspecified atom stereocenters. The first-order valence-corrected chi connectivity index (χ1v) is 8.73. The Bertz CT molecular complexity index is 987. The second-order valence-electron chi connectivity index (χ2n) is 6.58. The summed E-state index contributed by atoms with van der Waals surface area (Å²) in [5, 5.41) is 0.724. The highest BCUT2D eigenvalue weighted by Gasteiger charge is 2.33. The van der Waals surface area contributed by atoms with E-state index in [1.165, 1.54) is 12.1 Å². The van der Waals surface area contributed by atoms with Gasteiger partial charge in [0, 0.05) is 55.4 Å². The number of nitrogens with zero attached hydrogens (tertiary/aromatic N) is 2. The van der Waals surface area contributed by atoms with E-state index in [2.05, 4.69) is 9.97 Å². The average Bonchev–Trinajstić information content (AvgIpc) is 3.28. The quantitative estimate of drug-likeness (QED) is 0.704. The number of amides is 1. The van der Waals surface area contributed by atoms with E-state index in [1.54, 1.807) is 35.6 Å². The van der Waals surface area contributed by atoms with E-state index in [1.807, 2.05) is 6.07 Å². The van der Waals surface area contributed by atoms with Crippen molar-refractivity contribution in [2.75, 3.05) is 0 Å². The molecule has 0 bridgehead atoms. The molecule has 1 fully saturated rings. The van der Waals surface area contributed by atoms with Crippen LogP contribution < -0.4 is 0 Å². The summed E-state index contributed by atoms with van der Waals surface area (Å²) in [6, 6.07) is 8.18. The van der Waals surface area contributed by atoms with Crippen molar-refractivity contribution in [3.8, 4) is 0 Å². The highest BCUT2D eigenvalue weighted by Crippen LogP contribution is 2.24. The van der Waals surface area contributed by atoms with Crippen LogP contribution in [-0.2, 0) is 27.4 Å². The van der Waals surface area contributed by atoms with Crippen LogP contribution in [0.15, 0.2) is 48.9 Å². The molecule has 0 spiro atoms. The summed E-state index contributed by atoms with van der Waals surface area (Å²) in [5.74, 6) is -0.947. The molecule has 1 aromatic carbocycles. The van der Waals surface area contributed by atoms with Crippen LogP contribution in [0.1, 0.15) is 24.0 Å². The Kier molecular flexibility index (Phi) is 4.58. The third-order valence-corrected chi connectivity index (χ3v) is 4.66. The van der Waals surface area contributed by atoms with Gasteiger partial charge >= 0.3 is 5.97 Å². The Morgan fingerprint density at radius 3 is 2.96 bits per heavy atom. The number of carbonyl (C=O) groups is 2. The zero-order valence-corrected chi connectivity index (χ0v) is 14.5. The smallest absolute Gasteiger partial charge is 0.306 e. The van der Waals surface area contributed by atoms with E-state index in [9.17, 15) is 14.0 Å². The number of H-pyrrole nitrogens is 1. The number of aromatic amines is 1. The first-order chi connectivity index (χ1) is 13.1. The first-order valence-electron chi connectivity index (χ1n) is 8.73. The molecular formula is C20H18FN3O3. The topological polar surface area (TPSA) is 75.3 Å². The molecule has 0 aliphatic carbocycles. The number of aromatic nitrogens is 2. The summed E-state index contributed by atoms with van der Waals surface area (Å²) in [6.07, 6.45) is 4.98. The van der Waals surface area contributed by atoms with E-state index < -0.39 is 6.10 Å². The van der Waals surface area contributed by atoms with E-state index in [4.69, 9.17) is 4.74 Å². The molecule has 27 heavy (non-hydrogen) atoms. The van der Waals surface area contributed by atoms with Crippen molar-refractivity contribution in [1.82, 2.24) is 14.9 Å². The number of carbonyl (C=O) groups excluding carboxylic acids is 2. The Morgan fingerprint density at radius 1 is 1.33 bits per heavy atom. The number of hydrogen-bond acceptors (Lipinski definition) is 4. The zero-order valence-electron chi connectivity index (χ0n) is 14.5. The standard InChI is InChI=1S/C20H18FN3O3/c21-15-3-4-17-16(8-15)14(10-23-17)12-24(11-13-2-1-7-22-9-13)20(26)18-5-6-19(25)27-18/h1-4,7-10,18,23H,5-6,11-12H2/t18-/m0/s1. The third-order valence-electron chi connectivity index (χ3n) is 4.66. The van der Waals surface area contributed by atoms with Crippen LogP contribution >= 0.6 is 0 Å². The number of benzene rings is 1. The molecule has 0 radical (unpaired) electrons. The number of rotatable bonds is 5. The summed E-state index contributed by atoms with van der Waals surface area (Å²) in [4.78, 5) is 33.2. The number of ether oxygens (including phenoxy) is 1. The molecule has 4 rings (SSSR count). The minimum atomic E-state index is -0.767. The van der Waals surface area contributed by atoms with Crippen LogP contribution in [0.2, 0.25) is 0 Å². The van der Waals surface area contributed by atoms with Gasteiger partial charge in [0.2, 0.25) is 0 Å². The monoisotopic (exact) mass is 367 g/mol. The molecule has 1 aliphatic heterocycles. The Labute approximate surface area is 155 Å². The molecule has 1 aliphatic rings. The van der Waals surface area contributed by atoms with Crippen LogP contribution in [0.25, 0.3) is 10.9 Å². The van der Waals surface area contributed by atoms with Gasteiger partial charge in [-0.2, -0.15) is 0 Å². The number of nitrogens with one attached hydrogen (secondary N) is 1. The second-order valence-corrected chi connectivity index (χ2v) is 6.58. The lowest BCUT2D eigenvalue weighted by Gasteiger charge is -2.25. The molecule has 1 amide bonds. The second kappa shape index (κ2) is 7.19. The summed E-state index contributed by atoms with van der Waals surface area (Å²) >= 11 is 0. The summed E-state index contributed by atoms with van der Waals surface area (Å²) < 4.78 is 18.8. The Hall–Kier alpha value is -3.22. The van der Waals surface area contributed by atoms with Gasteiger partial charge < -0.3 is 14.6 Å². The van der Waals surface area contributed by atoms with Crippen LogP contribution in [0, 0.1) is 5.82 Å². The fraction of sp³-hybridized carbons (Fsp3) is 0.250. The molecule has 1 N–H and O–H groups in total. The lowest BCUT2D eigenvalue weighted by Crippen LogP contribution is -2.38. The number of cyclic esters (lactones) is 1. The molecule has 0 saturated carbocycles. The molecule has 2 aromatic heterocycles. The molecule has 3 aromatic rings. The summed E-state index contributed by atoms with van der Waals surface area (Å²) in [7, 11) is 0. The van der Waals surface area contributed by atoms with Gasteiger partial charge in [-0.3, -0.25) is 14.6 Å². The van der Waals surface area contributed by atoms with Crippen molar-refractivity contribution in [2.24, 2.45) is 0 Å². The molecule has 7 heteroatoms. The zero-order chi connectivity index (χ0) is 18.8. The normalized spacial score (nSPS) is 16.5. The van der Waals surface area contributed by atoms with Crippen molar-refractivity contribution in [3.63, 3.8) is 0 Å². The predicted molar refractivity (Wildman–Crippen MR) is 95.9 cm³/mol. The highest BCUT2D eigenvalue weighted by atomic mass is 19.1. The van der Waals surface area contributed by atoms with Gasteiger partial charge in [0.05, 0.1) is 0 Å². The van der Waals surface area contributed by atoms with Crippen LogP contribution in [0.5, 0.6) is 0 Å². The molecular weight excluding hydrogens is 349 g/mol. The van der Waals surface area contributed by atoms with Crippen LogP contribution in [0.3, 0.4) is 0 Å². The minimum Gasteiger partial charge on any atom is -0.452 e. The summed E-state index contributed by atoms with van der Waals surface area (Å²) in [6.45, 7) is 0.591. The van der Waals surface area contributed by atoms with Crippen molar-refractivity contribution < 1.29 is 18.7 Å². The fourth-order valence-corrected chi connectivity index (χ4v) is 3.31. The Morgan fingerprint density at radius 2 is 2.22 bits per heavy atom. The van der Waals surface area contributed by atoms with E-state index >= 15 is 0 Å². The molecule has 3 heterocycles. The number of halogens is 1. The number of esters is 1. The average molecular weight is 367 g/mol. The number of hydrogen-bond donors (Lipinski definition) is 1. The van der Waals surface area contributed by atoms with E-state index in [0.717, 1.165) is 22.0 Å². The SMILES string of the molecule is O=C1CC[C@@H](C(=O)N(Cc2cccnc2)Cc2c[nH]c3ccc(F)cc23)O1. The summed E-state index contributed by atoms with van der Waals surface area (Å²) in [5.41, 5.74) is 2.46. The number of fused-ring (bicyclic) bond motifs is 1. The van der Waals surface area contributed by atoms with Gasteiger partial charge in [-0.25, -0.2) is 4.39 Å².